The number of nitrogens with zero attached hydrogens (tertiary/aromatic N) is 7. The van der Waals surface area contributed by atoms with Crippen LogP contribution in [0.3, 0.4) is 0 Å². The number of aromatic nitrogens is 6. The van der Waals surface area contributed by atoms with Crippen LogP contribution < -0.4 is 5.73 Å². The lowest BCUT2D eigenvalue weighted by Crippen LogP contribution is -2.47. The van der Waals surface area contributed by atoms with E-state index in [9.17, 15) is 8.78 Å². The third kappa shape index (κ3) is 3.52. The van der Waals surface area contributed by atoms with Crippen molar-refractivity contribution in [2.75, 3.05) is 6.61 Å². The van der Waals surface area contributed by atoms with Crippen LogP contribution in [0, 0.1) is 11.6 Å². The van der Waals surface area contributed by atoms with Gasteiger partial charge in [-0.2, -0.15) is 4.80 Å². The van der Waals surface area contributed by atoms with Gasteiger partial charge in [-0.15, -0.1) is 10.2 Å². The zero-order valence-electron chi connectivity index (χ0n) is 17.4. The Hall–Kier alpha value is -2.76. The molecule has 3 atom stereocenters. The van der Waals surface area contributed by atoms with Crippen molar-refractivity contribution in [2.45, 2.75) is 51.2 Å². The van der Waals surface area contributed by atoms with Crippen LogP contribution in [-0.2, 0) is 31.4 Å². The SMILES string of the molecule is CCn1c(-c2nnn(C)n2)nc2c1CN([C@H]1CO[C@H](c3cc(F)ccc3F)[C@@H](N)C1)C2. The average molecular weight is 430 g/mol. The summed E-state index contributed by atoms with van der Waals surface area (Å²) >= 11 is 0. The normalized spacial score (nSPS) is 24.0. The first-order valence-electron chi connectivity index (χ1n) is 10.3. The summed E-state index contributed by atoms with van der Waals surface area (Å²) in [5.74, 6) is 0.229. The van der Waals surface area contributed by atoms with Gasteiger partial charge >= 0.3 is 0 Å². The predicted molar refractivity (Wildman–Crippen MR) is 106 cm³/mol. The molecular formula is C20H24F2N8O. The van der Waals surface area contributed by atoms with Gasteiger partial charge in [0.15, 0.2) is 5.82 Å². The van der Waals surface area contributed by atoms with Gasteiger partial charge in [0, 0.05) is 37.3 Å². The van der Waals surface area contributed by atoms with Gasteiger partial charge in [-0.05, 0) is 36.8 Å². The maximum absolute atomic E-state index is 14.2. The van der Waals surface area contributed by atoms with Gasteiger partial charge in [0.25, 0.3) is 0 Å². The van der Waals surface area contributed by atoms with Gasteiger partial charge < -0.3 is 15.0 Å². The number of fused-ring (bicyclic) bond motifs is 1. The number of halogens is 2. The number of rotatable bonds is 4. The smallest absolute Gasteiger partial charge is 0.240 e. The Labute approximate surface area is 177 Å². The monoisotopic (exact) mass is 430 g/mol. The molecule has 0 aliphatic carbocycles. The minimum Gasteiger partial charge on any atom is -0.370 e. The fraction of sp³-hybridized carbons (Fsp3) is 0.500. The van der Waals surface area contributed by atoms with Gasteiger partial charge in [0.05, 0.1) is 25.0 Å². The van der Waals surface area contributed by atoms with E-state index in [1.807, 2.05) is 0 Å². The van der Waals surface area contributed by atoms with Gasteiger partial charge in [0.2, 0.25) is 5.82 Å². The van der Waals surface area contributed by atoms with Crippen LogP contribution in [0.25, 0.3) is 11.6 Å². The van der Waals surface area contributed by atoms with Crippen molar-refractivity contribution in [1.82, 2.24) is 34.7 Å². The van der Waals surface area contributed by atoms with Crippen LogP contribution >= 0.6 is 0 Å². The standard InChI is InChI=1S/C20H24F2N8O/c1-3-30-17-9-29(8-16(17)24-20(30)19-25-27-28(2)26-19)12-7-15(23)18(31-10-12)13-6-11(21)4-5-14(13)22/h4-6,12,15,18H,3,7-10,23H2,1-2H3/t12-,15+,18-/m1/s1. The molecule has 5 rings (SSSR count). The molecule has 1 aromatic carbocycles. The van der Waals surface area contributed by atoms with E-state index in [1.54, 1.807) is 7.05 Å². The molecule has 2 aromatic heterocycles. The molecule has 0 saturated carbocycles. The summed E-state index contributed by atoms with van der Waals surface area (Å²) in [6.45, 7) is 4.56. The first-order chi connectivity index (χ1) is 14.9. The number of imidazole rings is 1. The second-order valence-electron chi connectivity index (χ2n) is 8.05. The topological polar surface area (TPSA) is 99.9 Å². The van der Waals surface area contributed by atoms with Gasteiger partial charge in [0.1, 0.15) is 17.7 Å². The highest BCUT2D eigenvalue weighted by Gasteiger charge is 2.38. The first kappa shape index (κ1) is 20.2. The van der Waals surface area contributed by atoms with Crippen molar-refractivity contribution in [2.24, 2.45) is 12.8 Å². The number of benzene rings is 1. The summed E-state index contributed by atoms with van der Waals surface area (Å²) in [4.78, 5) is 8.46. The Morgan fingerprint density at radius 3 is 2.81 bits per heavy atom. The highest BCUT2D eigenvalue weighted by Crippen LogP contribution is 2.35. The lowest BCUT2D eigenvalue weighted by Gasteiger charge is -2.38. The van der Waals surface area contributed by atoms with E-state index < -0.39 is 23.8 Å². The molecule has 0 spiro atoms. The van der Waals surface area contributed by atoms with Crippen LogP contribution in [0.2, 0.25) is 0 Å². The Kier molecular flexibility index (Phi) is 5.03. The fourth-order valence-electron chi connectivity index (χ4n) is 4.58. The van der Waals surface area contributed by atoms with Crippen molar-refractivity contribution in [3.8, 4) is 11.6 Å². The summed E-state index contributed by atoms with van der Waals surface area (Å²) in [6, 6.07) is 3.01. The van der Waals surface area contributed by atoms with Crippen LogP contribution in [0.4, 0.5) is 8.78 Å². The molecule has 0 unspecified atom stereocenters. The third-order valence-electron chi connectivity index (χ3n) is 6.07. The van der Waals surface area contributed by atoms with Gasteiger partial charge in [-0.1, -0.05) is 0 Å². The molecule has 164 valence electrons. The van der Waals surface area contributed by atoms with Crippen molar-refractivity contribution >= 4 is 0 Å². The fourth-order valence-corrected chi connectivity index (χ4v) is 4.58. The Bertz CT molecular complexity index is 1110. The van der Waals surface area contributed by atoms with Crippen molar-refractivity contribution in [3.05, 3.63) is 46.8 Å². The third-order valence-corrected chi connectivity index (χ3v) is 6.07. The van der Waals surface area contributed by atoms with Crippen molar-refractivity contribution in [1.29, 1.82) is 0 Å². The minimum atomic E-state index is -0.658. The summed E-state index contributed by atoms with van der Waals surface area (Å²) in [5.41, 5.74) is 8.62. The molecule has 2 aliphatic heterocycles. The minimum absolute atomic E-state index is 0.0699. The molecule has 1 saturated heterocycles. The molecule has 2 N–H and O–H groups in total. The quantitative estimate of drug-likeness (QED) is 0.670. The Balaban J connectivity index is 1.31. The lowest BCUT2D eigenvalue weighted by atomic mass is 9.93. The molecule has 0 amide bonds. The molecule has 4 heterocycles. The Morgan fingerprint density at radius 2 is 2.10 bits per heavy atom. The van der Waals surface area contributed by atoms with E-state index in [1.165, 1.54) is 10.9 Å². The van der Waals surface area contributed by atoms with Crippen LogP contribution in [0.1, 0.15) is 36.4 Å². The molecule has 11 heteroatoms. The van der Waals surface area contributed by atoms with Crippen molar-refractivity contribution in [3.63, 3.8) is 0 Å². The molecule has 31 heavy (non-hydrogen) atoms. The van der Waals surface area contributed by atoms with Crippen LogP contribution in [0.5, 0.6) is 0 Å². The Morgan fingerprint density at radius 1 is 1.26 bits per heavy atom. The maximum Gasteiger partial charge on any atom is 0.240 e. The first-order valence-corrected chi connectivity index (χ1v) is 10.3. The molecule has 0 bridgehead atoms. The van der Waals surface area contributed by atoms with E-state index in [-0.39, 0.29) is 11.6 Å². The van der Waals surface area contributed by atoms with Crippen LogP contribution in [0.15, 0.2) is 18.2 Å². The number of hydrogen-bond acceptors (Lipinski definition) is 7. The summed E-state index contributed by atoms with van der Waals surface area (Å²) in [5, 5.41) is 12.3. The zero-order chi connectivity index (χ0) is 21.7. The summed E-state index contributed by atoms with van der Waals surface area (Å²) in [7, 11) is 1.72. The molecule has 9 nitrogen and oxygen atoms in total. The highest BCUT2D eigenvalue weighted by atomic mass is 19.1. The zero-order valence-corrected chi connectivity index (χ0v) is 17.4. The number of tetrazole rings is 1. The maximum atomic E-state index is 14.2. The second-order valence-corrected chi connectivity index (χ2v) is 8.05. The summed E-state index contributed by atoms with van der Waals surface area (Å²) < 4.78 is 35.8. The van der Waals surface area contributed by atoms with Gasteiger partial charge in [-0.3, -0.25) is 4.90 Å². The average Bonchev–Trinajstić information content (AvgIpc) is 3.43. The van der Waals surface area contributed by atoms with E-state index in [0.717, 1.165) is 35.9 Å². The summed E-state index contributed by atoms with van der Waals surface area (Å²) in [6.07, 6.45) is -0.0378. The molecular weight excluding hydrogens is 406 g/mol. The lowest BCUT2D eigenvalue weighted by molar-refractivity contribution is -0.0535. The van der Waals surface area contributed by atoms with E-state index in [2.05, 4.69) is 31.8 Å². The largest absolute Gasteiger partial charge is 0.370 e. The number of ether oxygens (including phenoxy) is 1. The van der Waals surface area contributed by atoms with Crippen molar-refractivity contribution < 1.29 is 13.5 Å². The molecule has 1 fully saturated rings. The van der Waals surface area contributed by atoms with E-state index in [4.69, 9.17) is 15.5 Å². The second kappa shape index (κ2) is 7.74. The number of hydrogen-bond donors (Lipinski definition) is 1. The molecule has 2 aliphatic rings. The molecule has 3 aromatic rings. The number of nitrogens with two attached hydrogens (primary N) is 1. The van der Waals surface area contributed by atoms with E-state index in [0.29, 0.717) is 31.9 Å². The predicted octanol–water partition coefficient (Wildman–Crippen LogP) is 1.54. The highest BCUT2D eigenvalue weighted by molar-refractivity contribution is 5.46. The van der Waals surface area contributed by atoms with Crippen LogP contribution in [-0.4, -0.2) is 53.3 Å². The van der Waals surface area contributed by atoms with Gasteiger partial charge in [-0.25, -0.2) is 13.8 Å². The number of aryl methyl sites for hydroxylation is 1. The molecule has 0 radical (unpaired) electrons. The van der Waals surface area contributed by atoms with E-state index >= 15 is 0 Å².